The molecule has 0 aliphatic carbocycles. The smallest absolute Gasteiger partial charge is 0.435 e. The minimum absolute atomic E-state index is 0.185. The van der Waals surface area contributed by atoms with Gasteiger partial charge in [0.1, 0.15) is 11.8 Å². The molecule has 1 unspecified atom stereocenters. The molecule has 0 N–H and O–H groups in total. The van der Waals surface area contributed by atoms with Crippen molar-refractivity contribution < 1.29 is 24.0 Å². The number of ether oxygens (including phenoxy) is 2. The van der Waals surface area contributed by atoms with Gasteiger partial charge in [0.2, 0.25) is 0 Å². The van der Waals surface area contributed by atoms with Gasteiger partial charge in [0.05, 0.1) is 28.2 Å². The minimum Gasteiger partial charge on any atom is -0.462 e. The van der Waals surface area contributed by atoms with Crippen LogP contribution in [0.4, 0.5) is 16.2 Å². The molecule has 192 valence electrons. The Hall–Kier alpha value is -3.95. The summed E-state index contributed by atoms with van der Waals surface area (Å²) in [6.45, 7) is 10.5. The van der Waals surface area contributed by atoms with Crippen molar-refractivity contribution in [2.75, 3.05) is 23.6 Å². The Morgan fingerprint density at radius 1 is 1.17 bits per heavy atom. The molecule has 36 heavy (non-hydrogen) atoms. The highest BCUT2D eigenvalue weighted by Gasteiger charge is 2.65. The first kappa shape index (κ1) is 26.7. The lowest BCUT2D eigenvalue weighted by Crippen LogP contribution is -2.61. The number of amides is 1. The Balaban J connectivity index is 2.14. The number of esters is 1. The summed E-state index contributed by atoms with van der Waals surface area (Å²) in [4.78, 5) is 39.3. The van der Waals surface area contributed by atoms with Gasteiger partial charge in [-0.25, -0.2) is 9.59 Å². The van der Waals surface area contributed by atoms with Crippen LogP contribution in [0, 0.1) is 10.1 Å². The summed E-state index contributed by atoms with van der Waals surface area (Å²) in [6, 6.07) is 13.4. The molecular weight excluding hydrogens is 464 g/mol. The first-order valence-corrected chi connectivity index (χ1v) is 11.6. The maximum Gasteiger partial charge on any atom is 0.435 e. The van der Waals surface area contributed by atoms with E-state index in [1.54, 1.807) is 71.7 Å². The number of nitrogens with zero attached hydrogens (tertiary/aromatic N) is 4. The van der Waals surface area contributed by atoms with Crippen molar-refractivity contribution >= 4 is 29.7 Å². The largest absolute Gasteiger partial charge is 0.462 e. The fourth-order valence-corrected chi connectivity index (χ4v) is 4.38. The predicted octanol–water partition coefficient (Wildman–Crippen LogP) is 4.99. The van der Waals surface area contributed by atoms with E-state index in [1.165, 1.54) is 6.07 Å². The Morgan fingerprint density at radius 3 is 2.42 bits per heavy atom. The second-order valence-electron chi connectivity index (χ2n) is 9.99. The van der Waals surface area contributed by atoms with Crippen LogP contribution in [0.5, 0.6) is 0 Å². The van der Waals surface area contributed by atoms with Gasteiger partial charge in [-0.15, -0.1) is 0 Å². The molecule has 0 spiro atoms. The number of anilines is 2. The lowest BCUT2D eigenvalue weighted by atomic mass is 9.76. The number of carbonyl (C=O) groups is 2. The summed E-state index contributed by atoms with van der Waals surface area (Å²) in [7, 11) is 1.63. The molecule has 2 aromatic carbocycles. The Kier molecular flexibility index (Phi) is 7.11. The van der Waals surface area contributed by atoms with E-state index in [-0.39, 0.29) is 17.9 Å². The maximum absolute atomic E-state index is 13.2. The molecule has 0 aromatic heterocycles. The fourth-order valence-electron chi connectivity index (χ4n) is 4.38. The number of hydrazone groups is 1. The van der Waals surface area contributed by atoms with Gasteiger partial charge in [0.15, 0.2) is 0 Å². The summed E-state index contributed by atoms with van der Waals surface area (Å²) < 4.78 is 10.6. The molecule has 1 aliphatic rings. The van der Waals surface area contributed by atoms with E-state index < -0.39 is 33.7 Å². The number of carbonyl (C=O) groups excluding carboxylic acids is 2. The van der Waals surface area contributed by atoms with Crippen LogP contribution >= 0.6 is 0 Å². The normalized spacial score (nSPS) is 18.6. The lowest BCUT2D eigenvalue weighted by molar-refractivity contribution is -0.554. The lowest BCUT2D eigenvalue weighted by Gasteiger charge is -2.35. The van der Waals surface area contributed by atoms with Crippen LogP contribution in [0.2, 0.25) is 0 Å². The molecule has 0 saturated heterocycles. The molecule has 1 heterocycles. The van der Waals surface area contributed by atoms with Gasteiger partial charge in [0.25, 0.3) is 0 Å². The quantitative estimate of drug-likeness (QED) is 0.239. The van der Waals surface area contributed by atoms with Crippen LogP contribution in [-0.2, 0) is 14.9 Å². The third kappa shape index (κ3) is 4.62. The van der Waals surface area contributed by atoms with E-state index >= 15 is 0 Å². The highest BCUT2D eigenvalue weighted by molar-refractivity contribution is 5.94. The van der Waals surface area contributed by atoms with Crippen molar-refractivity contribution in [3.63, 3.8) is 0 Å². The highest BCUT2D eigenvalue weighted by Crippen LogP contribution is 2.50. The van der Waals surface area contributed by atoms with E-state index in [2.05, 4.69) is 5.10 Å². The summed E-state index contributed by atoms with van der Waals surface area (Å²) >= 11 is 0. The van der Waals surface area contributed by atoms with Crippen LogP contribution in [0.25, 0.3) is 0 Å². The summed E-state index contributed by atoms with van der Waals surface area (Å²) in [5.41, 5.74) is -1.80. The van der Waals surface area contributed by atoms with Crippen molar-refractivity contribution in [2.24, 2.45) is 5.10 Å². The molecule has 0 fully saturated rings. The SMILES string of the molecule is CCOC(=O)c1cccc(N(/N=C/C2([N+](=O)[O-])N(C)c3ccccc3C2(C)C)C(=O)OC(C)(C)C)c1. The van der Waals surface area contributed by atoms with Crippen molar-refractivity contribution in [2.45, 2.75) is 58.2 Å². The van der Waals surface area contributed by atoms with Gasteiger partial charge in [-0.3, -0.25) is 10.1 Å². The zero-order valence-electron chi connectivity index (χ0n) is 21.6. The van der Waals surface area contributed by atoms with Crippen LogP contribution in [0.15, 0.2) is 53.6 Å². The Labute approximate surface area is 210 Å². The molecule has 1 amide bonds. The van der Waals surface area contributed by atoms with Gasteiger partial charge in [-0.2, -0.15) is 10.1 Å². The number of nitro groups is 1. The van der Waals surface area contributed by atoms with Crippen LogP contribution in [-0.4, -0.2) is 48.1 Å². The maximum atomic E-state index is 13.2. The molecule has 1 aliphatic heterocycles. The van der Waals surface area contributed by atoms with Gasteiger partial charge in [-0.1, -0.05) is 24.3 Å². The number of benzene rings is 2. The van der Waals surface area contributed by atoms with Gasteiger partial charge in [0, 0.05) is 12.7 Å². The van der Waals surface area contributed by atoms with Crippen molar-refractivity contribution in [3.8, 4) is 0 Å². The third-order valence-electron chi connectivity index (χ3n) is 6.17. The molecular formula is C26H32N4O6. The van der Waals surface area contributed by atoms with Gasteiger partial charge in [-0.05, 0) is 71.4 Å². The molecule has 1 atom stereocenters. The second kappa shape index (κ2) is 9.60. The molecule has 0 radical (unpaired) electrons. The van der Waals surface area contributed by atoms with Gasteiger partial charge >= 0.3 is 17.7 Å². The molecule has 0 saturated carbocycles. The Morgan fingerprint density at radius 2 is 1.83 bits per heavy atom. The van der Waals surface area contributed by atoms with Crippen molar-refractivity contribution in [3.05, 3.63) is 69.8 Å². The highest BCUT2D eigenvalue weighted by atomic mass is 16.6. The average molecular weight is 497 g/mol. The average Bonchev–Trinajstić information content (AvgIpc) is 2.97. The van der Waals surface area contributed by atoms with Crippen LogP contribution < -0.4 is 9.91 Å². The van der Waals surface area contributed by atoms with E-state index in [0.717, 1.165) is 16.8 Å². The Bertz CT molecular complexity index is 1200. The number of hydrogen-bond donors (Lipinski definition) is 0. The zero-order chi connectivity index (χ0) is 26.9. The monoisotopic (exact) mass is 496 g/mol. The first-order valence-electron chi connectivity index (χ1n) is 11.6. The standard InChI is InChI=1S/C26H32N4O6/c1-8-35-22(31)18-12-11-13-19(16-18)29(23(32)36-24(2,3)4)27-17-26(30(33)34)25(5,6)20-14-9-10-15-21(20)28(26)7/h9-17H,8H2,1-7H3/b27-17+. The molecule has 0 bridgehead atoms. The number of rotatable bonds is 6. The van der Waals surface area contributed by atoms with Crippen LogP contribution in [0.3, 0.4) is 0 Å². The molecule has 10 nitrogen and oxygen atoms in total. The molecule has 3 rings (SSSR count). The molecule has 10 heteroatoms. The van der Waals surface area contributed by atoms with E-state index in [0.29, 0.717) is 5.69 Å². The summed E-state index contributed by atoms with van der Waals surface area (Å²) in [6.07, 6.45) is 0.308. The summed E-state index contributed by atoms with van der Waals surface area (Å²) in [5, 5.41) is 17.9. The number of hydrogen-bond acceptors (Lipinski definition) is 8. The topological polar surface area (TPSA) is 115 Å². The fraction of sp³-hybridized carbons (Fsp3) is 0.423. The predicted molar refractivity (Wildman–Crippen MR) is 137 cm³/mol. The van der Waals surface area contributed by atoms with Crippen molar-refractivity contribution in [1.29, 1.82) is 0 Å². The number of para-hydroxylation sites is 1. The summed E-state index contributed by atoms with van der Waals surface area (Å²) in [5.74, 6) is -0.568. The zero-order valence-corrected chi connectivity index (χ0v) is 21.6. The first-order chi connectivity index (χ1) is 16.8. The minimum atomic E-state index is -1.81. The van der Waals surface area contributed by atoms with E-state index in [4.69, 9.17) is 9.47 Å². The van der Waals surface area contributed by atoms with Crippen LogP contribution in [0.1, 0.15) is 57.5 Å². The molecule has 2 aromatic rings. The number of likely N-dealkylation sites (N-methyl/N-ethyl adjacent to an activating group) is 1. The third-order valence-corrected chi connectivity index (χ3v) is 6.17. The van der Waals surface area contributed by atoms with Crippen molar-refractivity contribution in [1.82, 2.24) is 0 Å². The number of fused-ring (bicyclic) bond motifs is 1. The van der Waals surface area contributed by atoms with E-state index in [1.807, 2.05) is 24.3 Å². The van der Waals surface area contributed by atoms with Gasteiger partial charge < -0.3 is 14.4 Å². The van der Waals surface area contributed by atoms with E-state index in [9.17, 15) is 19.7 Å². The second-order valence-corrected chi connectivity index (χ2v) is 9.99.